The number of carbonyl (C=O) groups is 1. The Morgan fingerprint density at radius 3 is 2.60 bits per heavy atom. The monoisotopic (exact) mass is 363 g/mol. The Kier molecular flexibility index (Phi) is 6.19. The second kappa shape index (κ2) is 8.15. The highest BCUT2D eigenvalue weighted by Crippen LogP contribution is 2.12. The number of nitrogens with zero attached hydrogens (tertiary/aromatic N) is 2. The SMILES string of the molecule is CCc1n[nH]c(=S)n1NCc1ccc(OCC(=O)NC(C)(C)C)cc1. The van der Waals surface area contributed by atoms with Gasteiger partial charge in [0.2, 0.25) is 4.77 Å². The van der Waals surface area contributed by atoms with Crippen molar-refractivity contribution in [2.24, 2.45) is 0 Å². The number of aromatic nitrogens is 3. The number of rotatable bonds is 7. The third-order valence-corrected chi connectivity index (χ3v) is 3.58. The molecule has 0 saturated carbocycles. The van der Waals surface area contributed by atoms with Crippen LogP contribution in [0.4, 0.5) is 0 Å². The third kappa shape index (κ3) is 5.90. The highest BCUT2D eigenvalue weighted by molar-refractivity contribution is 7.71. The first-order chi connectivity index (χ1) is 11.8. The van der Waals surface area contributed by atoms with Crippen LogP contribution in [-0.2, 0) is 17.8 Å². The Morgan fingerprint density at radius 1 is 1.32 bits per heavy atom. The molecule has 7 nitrogen and oxygen atoms in total. The lowest BCUT2D eigenvalue weighted by Crippen LogP contribution is -2.43. The predicted octanol–water partition coefficient (Wildman–Crippen LogP) is 2.54. The van der Waals surface area contributed by atoms with Crippen molar-refractivity contribution in [3.63, 3.8) is 0 Å². The highest BCUT2D eigenvalue weighted by atomic mass is 32.1. The van der Waals surface area contributed by atoms with E-state index >= 15 is 0 Å². The summed E-state index contributed by atoms with van der Waals surface area (Å²) < 4.78 is 7.82. The van der Waals surface area contributed by atoms with Gasteiger partial charge in [-0.15, -0.1) is 0 Å². The molecule has 136 valence electrons. The fourth-order valence-corrected chi connectivity index (χ4v) is 2.42. The van der Waals surface area contributed by atoms with E-state index in [2.05, 4.69) is 20.9 Å². The minimum absolute atomic E-state index is 0.00108. The van der Waals surface area contributed by atoms with Gasteiger partial charge in [-0.25, -0.2) is 4.68 Å². The molecule has 0 aliphatic heterocycles. The maximum atomic E-state index is 11.8. The first-order valence-corrected chi connectivity index (χ1v) is 8.62. The van der Waals surface area contributed by atoms with Crippen LogP contribution in [0.15, 0.2) is 24.3 Å². The van der Waals surface area contributed by atoms with Crippen LogP contribution >= 0.6 is 12.2 Å². The molecule has 0 fully saturated rings. The molecule has 2 rings (SSSR count). The zero-order chi connectivity index (χ0) is 18.4. The number of hydrogen-bond acceptors (Lipinski definition) is 5. The number of aryl methyl sites for hydroxylation is 1. The zero-order valence-corrected chi connectivity index (χ0v) is 15.9. The second-order valence-electron chi connectivity index (χ2n) is 6.70. The van der Waals surface area contributed by atoms with Gasteiger partial charge in [-0.1, -0.05) is 19.1 Å². The predicted molar refractivity (Wildman–Crippen MR) is 99.7 cm³/mol. The maximum absolute atomic E-state index is 11.8. The molecule has 0 bridgehead atoms. The molecule has 2 aromatic rings. The standard InChI is InChI=1S/C17H25N5O2S/c1-5-14-20-21-16(25)22(14)18-10-12-6-8-13(9-7-12)24-11-15(23)19-17(2,3)4/h6-9,18H,5,10-11H2,1-4H3,(H,19,23)(H,21,25). The molecule has 0 aliphatic rings. The van der Waals surface area contributed by atoms with Gasteiger partial charge in [-0.2, -0.15) is 5.10 Å². The van der Waals surface area contributed by atoms with Crippen LogP contribution in [0.2, 0.25) is 0 Å². The van der Waals surface area contributed by atoms with Crippen LogP contribution < -0.4 is 15.5 Å². The summed E-state index contributed by atoms with van der Waals surface area (Å²) in [6.07, 6.45) is 0.781. The number of hydrogen-bond donors (Lipinski definition) is 3. The molecule has 0 saturated heterocycles. The number of H-pyrrole nitrogens is 1. The van der Waals surface area contributed by atoms with Crippen LogP contribution in [0.1, 0.15) is 39.1 Å². The molecule has 3 N–H and O–H groups in total. The molecule has 0 spiro atoms. The zero-order valence-electron chi connectivity index (χ0n) is 15.0. The number of benzene rings is 1. The van der Waals surface area contributed by atoms with Gasteiger partial charge in [0, 0.05) is 12.0 Å². The quantitative estimate of drug-likeness (QED) is 0.659. The summed E-state index contributed by atoms with van der Waals surface area (Å²) in [7, 11) is 0. The van der Waals surface area contributed by atoms with Crippen LogP contribution in [0, 0.1) is 4.77 Å². The molecular formula is C17H25N5O2S. The molecule has 0 atom stereocenters. The van der Waals surface area contributed by atoms with Crippen molar-refractivity contribution in [2.45, 2.75) is 46.2 Å². The van der Waals surface area contributed by atoms with Crippen molar-refractivity contribution in [1.29, 1.82) is 0 Å². The highest BCUT2D eigenvalue weighted by Gasteiger charge is 2.13. The van der Waals surface area contributed by atoms with Gasteiger partial charge in [0.05, 0.1) is 6.54 Å². The summed E-state index contributed by atoms with van der Waals surface area (Å²) in [5.74, 6) is 1.37. The number of ether oxygens (including phenoxy) is 1. The van der Waals surface area contributed by atoms with E-state index in [4.69, 9.17) is 17.0 Å². The van der Waals surface area contributed by atoms with Crippen molar-refractivity contribution >= 4 is 18.1 Å². The molecule has 25 heavy (non-hydrogen) atoms. The number of carbonyl (C=O) groups excluding carboxylic acids is 1. The van der Waals surface area contributed by atoms with E-state index in [1.165, 1.54) is 0 Å². The van der Waals surface area contributed by atoms with Gasteiger partial charge >= 0.3 is 0 Å². The average molecular weight is 363 g/mol. The summed E-state index contributed by atoms with van der Waals surface area (Å²) >= 11 is 5.20. The normalized spacial score (nSPS) is 11.2. The van der Waals surface area contributed by atoms with E-state index in [-0.39, 0.29) is 18.1 Å². The van der Waals surface area contributed by atoms with Gasteiger partial charge in [0.25, 0.3) is 5.91 Å². The van der Waals surface area contributed by atoms with E-state index in [1.54, 1.807) is 4.68 Å². The van der Waals surface area contributed by atoms with Crippen molar-refractivity contribution in [1.82, 2.24) is 20.2 Å². The summed E-state index contributed by atoms with van der Waals surface area (Å²) in [4.78, 5) is 11.8. The number of amides is 1. The van der Waals surface area contributed by atoms with E-state index in [1.807, 2.05) is 52.0 Å². The molecule has 0 unspecified atom stereocenters. The van der Waals surface area contributed by atoms with Crippen LogP contribution in [-0.4, -0.2) is 32.9 Å². The van der Waals surface area contributed by atoms with E-state index in [9.17, 15) is 4.79 Å². The molecule has 1 aromatic carbocycles. The third-order valence-electron chi connectivity index (χ3n) is 3.31. The molecule has 1 aromatic heterocycles. The van der Waals surface area contributed by atoms with Gasteiger partial charge in [-0.05, 0) is 50.7 Å². The second-order valence-corrected chi connectivity index (χ2v) is 7.09. The fourth-order valence-electron chi connectivity index (χ4n) is 2.21. The first kappa shape index (κ1) is 19.0. The van der Waals surface area contributed by atoms with E-state index in [0.717, 1.165) is 17.8 Å². The van der Waals surface area contributed by atoms with Crippen molar-refractivity contribution < 1.29 is 9.53 Å². The van der Waals surface area contributed by atoms with Crippen LogP contribution in [0.3, 0.4) is 0 Å². The van der Waals surface area contributed by atoms with Gasteiger partial charge in [0.15, 0.2) is 12.4 Å². The van der Waals surface area contributed by atoms with Crippen molar-refractivity contribution in [3.05, 3.63) is 40.4 Å². The molecular weight excluding hydrogens is 338 g/mol. The Morgan fingerprint density at radius 2 is 2.00 bits per heavy atom. The van der Waals surface area contributed by atoms with Gasteiger partial charge < -0.3 is 15.5 Å². The fraction of sp³-hybridized carbons (Fsp3) is 0.471. The summed E-state index contributed by atoms with van der Waals surface area (Å²) in [6, 6.07) is 7.58. The minimum atomic E-state index is -0.262. The van der Waals surface area contributed by atoms with Crippen molar-refractivity contribution in [3.8, 4) is 5.75 Å². The first-order valence-electron chi connectivity index (χ1n) is 8.21. The number of aromatic amines is 1. The summed E-state index contributed by atoms with van der Waals surface area (Å²) in [6.45, 7) is 8.42. The lowest BCUT2D eigenvalue weighted by atomic mass is 10.1. The van der Waals surface area contributed by atoms with E-state index in [0.29, 0.717) is 17.1 Å². The average Bonchev–Trinajstić information content (AvgIpc) is 2.90. The Labute approximate surface area is 152 Å². The molecule has 1 heterocycles. The molecule has 1 amide bonds. The minimum Gasteiger partial charge on any atom is -0.484 e. The lowest BCUT2D eigenvalue weighted by Gasteiger charge is -2.20. The maximum Gasteiger partial charge on any atom is 0.258 e. The van der Waals surface area contributed by atoms with Crippen LogP contribution in [0.25, 0.3) is 0 Å². The largest absolute Gasteiger partial charge is 0.484 e. The Bertz CT molecular complexity index is 759. The van der Waals surface area contributed by atoms with E-state index < -0.39 is 0 Å². The Hall–Kier alpha value is -2.35. The lowest BCUT2D eigenvalue weighted by molar-refractivity contribution is -0.124. The smallest absolute Gasteiger partial charge is 0.258 e. The molecule has 0 aliphatic carbocycles. The van der Waals surface area contributed by atoms with Crippen molar-refractivity contribution in [2.75, 3.05) is 12.0 Å². The van der Waals surface area contributed by atoms with Gasteiger partial charge in [0.1, 0.15) is 5.75 Å². The molecule has 8 heteroatoms. The molecule has 0 radical (unpaired) electrons. The van der Waals surface area contributed by atoms with Gasteiger partial charge in [-0.3, -0.25) is 9.89 Å². The number of nitrogens with one attached hydrogen (secondary N) is 3. The van der Waals surface area contributed by atoms with Crippen LogP contribution in [0.5, 0.6) is 5.75 Å². The summed E-state index contributed by atoms with van der Waals surface area (Å²) in [5.41, 5.74) is 4.04. The topological polar surface area (TPSA) is 84.0 Å². The Balaban J connectivity index is 1.86. The summed E-state index contributed by atoms with van der Waals surface area (Å²) in [5, 5.41) is 9.78.